The Bertz CT molecular complexity index is 450. The molecule has 0 saturated carbocycles. The van der Waals surface area contributed by atoms with Crippen molar-refractivity contribution in [3.63, 3.8) is 0 Å². The van der Waals surface area contributed by atoms with Crippen LogP contribution in [0.2, 0.25) is 0 Å². The van der Waals surface area contributed by atoms with Crippen molar-refractivity contribution in [3.8, 4) is 0 Å². The summed E-state index contributed by atoms with van der Waals surface area (Å²) in [5.74, 6) is 0.931. The monoisotopic (exact) mass is 312 g/mol. The van der Waals surface area contributed by atoms with Crippen LogP contribution in [0.3, 0.4) is 0 Å². The normalized spacial score (nSPS) is 16.4. The number of hydrogen-bond acceptors (Lipinski definition) is 3. The van der Waals surface area contributed by atoms with Crippen LogP contribution in [0.4, 0.5) is 5.00 Å². The van der Waals surface area contributed by atoms with Gasteiger partial charge in [0.1, 0.15) is 0 Å². The number of halogens is 1. The first-order valence-electron chi connectivity index (χ1n) is 6.85. The number of nitrogens with zero attached hydrogens (tertiary/aromatic N) is 3. The van der Waals surface area contributed by atoms with Gasteiger partial charge in [0, 0.05) is 37.8 Å². The first-order chi connectivity index (χ1) is 9.70. The molecule has 0 bridgehead atoms. The van der Waals surface area contributed by atoms with Gasteiger partial charge in [-0.1, -0.05) is 18.2 Å². The van der Waals surface area contributed by atoms with Crippen LogP contribution in [0.1, 0.15) is 6.92 Å². The summed E-state index contributed by atoms with van der Waals surface area (Å²) in [7, 11) is 0. The van der Waals surface area contributed by atoms with Crippen LogP contribution >= 0.6 is 22.9 Å². The third-order valence-electron chi connectivity index (χ3n) is 3.13. The van der Waals surface area contributed by atoms with Gasteiger partial charge in [-0.15, -0.1) is 11.3 Å². The van der Waals surface area contributed by atoms with Gasteiger partial charge >= 0.3 is 0 Å². The van der Waals surface area contributed by atoms with E-state index in [1.54, 1.807) is 11.3 Å². The van der Waals surface area contributed by atoms with Gasteiger partial charge in [-0.05, 0) is 24.4 Å². The number of thiophene rings is 1. The molecule has 1 aliphatic rings. The van der Waals surface area contributed by atoms with Crippen LogP contribution in [0, 0.1) is 0 Å². The average Bonchev–Trinajstić information content (AvgIpc) is 2.97. The fraction of sp³-hybridized carbons (Fsp3) is 0.500. The summed E-state index contributed by atoms with van der Waals surface area (Å²) in [5, 5.41) is 7.36. The van der Waals surface area contributed by atoms with Crippen molar-refractivity contribution in [2.75, 3.05) is 44.2 Å². The Hall–Kier alpha value is -1.20. The summed E-state index contributed by atoms with van der Waals surface area (Å²) >= 11 is 7.59. The summed E-state index contributed by atoms with van der Waals surface area (Å²) < 4.78 is 0. The summed E-state index contributed by atoms with van der Waals surface area (Å²) in [4.78, 5) is 9.22. The second-order valence-corrected chi connectivity index (χ2v) is 6.07. The molecule has 0 unspecified atom stereocenters. The lowest BCUT2D eigenvalue weighted by Gasteiger charge is -2.37. The summed E-state index contributed by atoms with van der Waals surface area (Å²) in [6, 6.07) is 4.28. The molecule has 20 heavy (non-hydrogen) atoms. The molecule has 1 N–H and O–H groups in total. The fourth-order valence-electron chi connectivity index (χ4n) is 2.17. The van der Waals surface area contributed by atoms with Crippen molar-refractivity contribution in [1.29, 1.82) is 0 Å². The molecule has 1 saturated heterocycles. The highest BCUT2D eigenvalue weighted by Gasteiger charge is 2.20. The molecule has 2 rings (SSSR count). The molecule has 0 aliphatic carbocycles. The molecule has 110 valence electrons. The smallest absolute Gasteiger partial charge is 0.194 e. The van der Waals surface area contributed by atoms with Gasteiger partial charge in [0.2, 0.25) is 0 Å². The van der Waals surface area contributed by atoms with Gasteiger partial charge in [0.25, 0.3) is 0 Å². The minimum atomic E-state index is 0.467. The van der Waals surface area contributed by atoms with E-state index in [2.05, 4.69) is 51.1 Å². The first kappa shape index (κ1) is 15.2. The Morgan fingerprint density at radius 3 is 2.75 bits per heavy atom. The summed E-state index contributed by atoms with van der Waals surface area (Å²) in [6.45, 7) is 11.1. The van der Waals surface area contributed by atoms with Gasteiger partial charge in [-0.3, -0.25) is 0 Å². The Kier molecular flexibility index (Phi) is 5.73. The Morgan fingerprint density at radius 2 is 2.20 bits per heavy atom. The largest absolute Gasteiger partial charge is 0.360 e. The van der Waals surface area contributed by atoms with Gasteiger partial charge < -0.3 is 15.1 Å². The standard InChI is InChI=1S/C14H21ClN4S/c1-3-16-14(17-11-12(2)15)19-8-6-18(7-9-19)13-5-4-10-20-13/h4-5,10H,2-3,6-9,11H2,1H3,(H,16,17). The molecule has 1 aromatic heterocycles. The highest BCUT2D eigenvalue weighted by Crippen LogP contribution is 2.22. The van der Waals surface area contributed by atoms with E-state index in [0.717, 1.165) is 38.7 Å². The molecule has 6 heteroatoms. The number of hydrogen-bond donors (Lipinski definition) is 1. The van der Waals surface area contributed by atoms with Crippen molar-refractivity contribution < 1.29 is 0 Å². The number of piperazine rings is 1. The molecule has 0 atom stereocenters. The van der Waals surface area contributed by atoms with E-state index < -0.39 is 0 Å². The second kappa shape index (κ2) is 7.55. The van der Waals surface area contributed by atoms with Gasteiger partial charge in [-0.2, -0.15) is 0 Å². The van der Waals surface area contributed by atoms with E-state index in [4.69, 9.17) is 11.6 Å². The Balaban J connectivity index is 1.93. The predicted octanol–water partition coefficient (Wildman–Crippen LogP) is 2.59. The lowest BCUT2D eigenvalue weighted by molar-refractivity contribution is 0.374. The second-order valence-electron chi connectivity index (χ2n) is 4.61. The SMILES string of the molecule is C=C(Cl)CN=C(NCC)N1CCN(c2cccs2)CC1. The Labute approximate surface area is 129 Å². The molecule has 0 spiro atoms. The van der Waals surface area contributed by atoms with Crippen LogP contribution in [0.25, 0.3) is 0 Å². The molecule has 1 fully saturated rings. The van der Waals surface area contributed by atoms with Crippen molar-refractivity contribution in [2.45, 2.75) is 6.92 Å². The highest BCUT2D eigenvalue weighted by atomic mass is 35.5. The molecule has 1 aliphatic heterocycles. The maximum absolute atomic E-state index is 5.80. The molecule has 2 heterocycles. The molecule has 0 amide bonds. The van der Waals surface area contributed by atoms with Gasteiger partial charge in [0.15, 0.2) is 5.96 Å². The van der Waals surface area contributed by atoms with Crippen molar-refractivity contribution in [1.82, 2.24) is 10.2 Å². The van der Waals surface area contributed by atoms with Crippen LogP contribution in [-0.4, -0.2) is 50.1 Å². The van der Waals surface area contributed by atoms with E-state index in [0.29, 0.717) is 11.6 Å². The van der Waals surface area contributed by atoms with E-state index in [-0.39, 0.29) is 0 Å². The van der Waals surface area contributed by atoms with Crippen molar-refractivity contribution >= 4 is 33.9 Å². The van der Waals surface area contributed by atoms with E-state index in [9.17, 15) is 0 Å². The molecular formula is C14H21ClN4S. The van der Waals surface area contributed by atoms with Crippen molar-refractivity contribution in [3.05, 3.63) is 29.1 Å². The van der Waals surface area contributed by atoms with Crippen LogP contribution in [0.5, 0.6) is 0 Å². The molecule has 0 aromatic carbocycles. The minimum Gasteiger partial charge on any atom is -0.360 e. The predicted molar refractivity (Wildman–Crippen MR) is 89.1 cm³/mol. The highest BCUT2D eigenvalue weighted by molar-refractivity contribution is 7.14. The van der Waals surface area contributed by atoms with Crippen LogP contribution in [-0.2, 0) is 0 Å². The minimum absolute atomic E-state index is 0.467. The quantitative estimate of drug-likeness (QED) is 0.685. The molecule has 4 nitrogen and oxygen atoms in total. The van der Waals surface area contributed by atoms with Crippen molar-refractivity contribution in [2.24, 2.45) is 4.99 Å². The maximum Gasteiger partial charge on any atom is 0.194 e. The number of rotatable bonds is 4. The Morgan fingerprint density at radius 1 is 1.45 bits per heavy atom. The van der Waals surface area contributed by atoms with Crippen LogP contribution in [0.15, 0.2) is 34.1 Å². The van der Waals surface area contributed by atoms with E-state index >= 15 is 0 Å². The zero-order valence-corrected chi connectivity index (χ0v) is 13.4. The fourth-order valence-corrected chi connectivity index (χ4v) is 3.02. The van der Waals surface area contributed by atoms with Gasteiger partial charge in [0.05, 0.1) is 11.5 Å². The third kappa shape index (κ3) is 4.15. The number of anilines is 1. The summed E-state index contributed by atoms with van der Waals surface area (Å²) in [6.07, 6.45) is 0. The number of aliphatic imine (C=N–C) groups is 1. The topological polar surface area (TPSA) is 30.9 Å². The van der Waals surface area contributed by atoms with Crippen LogP contribution < -0.4 is 10.2 Å². The summed E-state index contributed by atoms with van der Waals surface area (Å²) in [5.41, 5.74) is 0. The average molecular weight is 313 g/mol. The molecule has 0 radical (unpaired) electrons. The number of nitrogens with one attached hydrogen (secondary N) is 1. The maximum atomic E-state index is 5.80. The lowest BCUT2D eigenvalue weighted by atomic mass is 10.3. The lowest BCUT2D eigenvalue weighted by Crippen LogP contribution is -2.52. The zero-order valence-electron chi connectivity index (χ0n) is 11.8. The molecule has 1 aromatic rings. The zero-order chi connectivity index (χ0) is 14.4. The van der Waals surface area contributed by atoms with Gasteiger partial charge in [-0.25, -0.2) is 4.99 Å². The third-order valence-corrected chi connectivity index (χ3v) is 4.18. The number of guanidine groups is 1. The van der Waals surface area contributed by atoms with E-state index in [1.165, 1.54) is 5.00 Å². The van der Waals surface area contributed by atoms with E-state index in [1.807, 2.05) is 0 Å². The first-order valence-corrected chi connectivity index (χ1v) is 8.11. The molecular weight excluding hydrogens is 292 g/mol.